The molecule has 12 heavy (non-hydrogen) atoms. The fourth-order valence-corrected chi connectivity index (χ4v) is 0.883. The van der Waals surface area contributed by atoms with Crippen molar-refractivity contribution in [1.82, 2.24) is 0 Å². The summed E-state index contributed by atoms with van der Waals surface area (Å²) < 4.78 is 4.51. The largest absolute Gasteiger partial charge is 0.465 e. The predicted molar refractivity (Wildman–Crippen MR) is 44.5 cm³/mol. The second-order valence-corrected chi connectivity index (χ2v) is 2.47. The molecule has 0 aromatic rings. The van der Waals surface area contributed by atoms with Crippen LogP contribution < -0.4 is 0 Å². The number of ketones is 1. The third-order valence-corrected chi connectivity index (χ3v) is 1.66. The summed E-state index contributed by atoms with van der Waals surface area (Å²) >= 11 is 2.87. The summed E-state index contributed by atoms with van der Waals surface area (Å²) in [6.45, 7) is 1.79. The average molecular weight is 234 g/mol. The van der Waals surface area contributed by atoms with Gasteiger partial charge in [0.25, 0.3) is 0 Å². The van der Waals surface area contributed by atoms with E-state index in [1.54, 1.807) is 13.0 Å². The lowest BCUT2D eigenvalue weighted by atomic mass is 10.1. The summed E-state index contributed by atoms with van der Waals surface area (Å²) in [4.78, 5) is 21.8. The molecule has 66 valence electrons. The molecule has 0 aliphatic carbocycles. The van der Waals surface area contributed by atoms with E-state index in [1.165, 1.54) is 0 Å². The molecule has 0 aliphatic rings. The molecule has 0 aromatic carbocycles. The van der Waals surface area contributed by atoms with Gasteiger partial charge in [-0.1, -0.05) is 15.9 Å². The molecule has 4 nitrogen and oxygen atoms in total. The Kier molecular flexibility index (Phi) is 5.30. The zero-order valence-corrected chi connectivity index (χ0v) is 8.13. The fraction of sp³-hybridized carbons (Fsp3) is 0.571. The molecule has 0 saturated carbocycles. The predicted octanol–water partition coefficient (Wildman–Crippen LogP) is 0.653. The third-order valence-electron chi connectivity index (χ3n) is 1.11. The van der Waals surface area contributed by atoms with E-state index < -0.39 is 17.7 Å². The molecule has 0 saturated heterocycles. The van der Waals surface area contributed by atoms with Crippen molar-refractivity contribution in [1.29, 1.82) is 5.26 Å². The van der Waals surface area contributed by atoms with E-state index in [2.05, 4.69) is 20.7 Å². The van der Waals surface area contributed by atoms with Crippen LogP contribution in [0.25, 0.3) is 0 Å². The van der Waals surface area contributed by atoms with Crippen LogP contribution in [0.2, 0.25) is 0 Å². The lowest BCUT2D eigenvalue weighted by Gasteiger charge is -2.04. The van der Waals surface area contributed by atoms with Gasteiger partial charge in [0.15, 0.2) is 5.78 Å². The molecule has 0 bridgehead atoms. The Labute approximate surface area is 78.6 Å². The number of nitrogens with zero attached hydrogens (tertiary/aromatic N) is 1. The highest BCUT2D eigenvalue weighted by atomic mass is 79.9. The Balaban J connectivity index is 4.27. The van der Waals surface area contributed by atoms with E-state index in [9.17, 15) is 9.59 Å². The van der Waals surface area contributed by atoms with Gasteiger partial charge in [-0.2, -0.15) is 5.26 Å². The summed E-state index contributed by atoms with van der Waals surface area (Å²) in [6, 6.07) is 1.58. The van der Waals surface area contributed by atoms with Crippen LogP contribution in [0.5, 0.6) is 0 Å². The van der Waals surface area contributed by atoms with Crippen LogP contribution >= 0.6 is 15.9 Å². The number of ether oxygens (including phenoxy) is 1. The molecule has 0 rings (SSSR count). The Morgan fingerprint density at radius 2 is 2.25 bits per heavy atom. The maximum Gasteiger partial charge on any atom is 0.331 e. The fourth-order valence-electron chi connectivity index (χ4n) is 0.559. The van der Waals surface area contributed by atoms with Gasteiger partial charge in [0.05, 0.1) is 18.0 Å². The summed E-state index contributed by atoms with van der Waals surface area (Å²) in [6.07, 6.45) is 0. The van der Waals surface area contributed by atoms with E-state index in [-0.39, 0.29) is 11.9 Å². The number of esters is 1. The zero-order chi connectivity index (χ0) is 9.56. The normalized spacial score (nSPS) is 11.4. The first-order chi connectivity index (χ1) is 5.67. The molecular weight excluding hydrogens is 226 g/mol. The number of hydrogen-bond donors (Lipinski definition) is 0. The Hall–Kier alpha value is -0.890. The van der Waals surface area contributed by atoms with Crippen molar-refractivity contribution in [3.63, 3.8) is 0 Å². The van der Waals surface area contributed by atoms with Crippen molar-refractivity contribution in [3.8, 4) is 6.07 Å². The highest BCUT2D eigenvalue weighted by Gasteiger charge is 2.26. The first kappa shape index (κ1) is 11.1. The number of halogens is 1. The number of carbonyl (C=O) groups excluding carboxylic acids is 2. The van der Waals surface area contributed by atoms with Gasteiger partial charge in [0, 0.05) is 0 Å². The standard InChI is InChI=1S/C7H8BrNO3/c1-2-12-7(11)5(4-9)6(10)3-8/h5H,2-3H2,1H3. The molecule has 0 amide bonds. The van der Waals surface area contributed by atoms with Crippen molar-refractivity contribution in [2.45, 2.75) is 6.92 Å². The van der Waals surface area contributed by atoms with E-state index >= 15 is 0 Å². The quantitative estimate of drug-likeness (QED) is 0.407. The van der Waals surface area contributed by atoms with Crippen molar-refractivity contribution >= 4 is 27.7 Å². The van der Waals surface area contributed by atoms with Crippen LogP contribution in [0.1, 0.15) is 6.92 Å². The molecule has 1 unspecified atom stereocenters. The van der Waals surface area contributed by atoms with Gasteiger partial charge in [-0.05, 0) is 6.92 Å². The van der Waals surface area contributed by atoms with E-state index in [0.29, 0.717) is 0 Å². The van der Waals surface area contributed by atoms with Gasteiger partial charge in [-0.15, -0.1) is 0 Å². The number of rotatable bonds is 4. The topological polar surface area (TPSA) is 67.2 Å². The number of nitriles is 1. The van der Waals surface area contributed by atoms with Crippen molar-refractivity contribution < 1.29 is 14.3 Å². The average Bonchev–Trinajstić information content (AvgIpc) is 2.06. The number of hydrogen-bond acceptors (Lipinski definition) is 4. The summed E-state index contributed by atoms with van der Waals surface area (Å²) in [7, 11) is 0. The molecule has 0 spiro atoms. The molecule has 0 fully saturated rings. The van der Waals surface area contributed by atoms with Crippen LogP contribution in [0, 0.1) is 17.2 Å². The molecule has 0 heterocycles. The maximum absolute atomic E-state index is 10.9. The van der Waals surface area contributed by atoms with Gasteiger partial charge in [-0.3, -0.25) is 9.59 Å². The van der Waals surface area contributed by atoms with E-state index in [0.717, 1.165) is 0 Å². The highest BCUT2D eigenvalue weighted by Crippen LogP contribution is 2.02. The summed E-state index contributed by atoms with van der Waals surface area (Å²) in [5.74, 6) is -2.54. The van der Waals surface area contributed by atoms with Gasteiger partial charge in [0.2, 0.25) is 5.92 Å². The molecule has 0 aromatic heterocycles. The van der Waals surface area contributed by atoms with E-state index in [1.807, 2.05) is 0 Å². The molecular formula is C7H8BrNO3. The second-order valence-electron chi connectivity index (χ2n) is 1.91. The Morgan fingerprint density at radius 3 is 2.58 bits per heavy atom. The molecule has 1 atom stereocenters. The van der Waals surface area contributed by atoms with Crippen LogP contribution in [0.4, 0.5) is 0 Å². The van der Waals surface area contributed by atoms with Crippen LogP contribution in [0.3, 0.4) is 0 Å². The van der Waals surface area contributed by atoms with Gasteiger partial charge >= 0.3 is 5.97 Å². The van der Waals surface area contributed by atoms with Gasteiger partial charge in [0.1, 0.15) is 0 Å². The second kappa shape index (κ2) is 5.72. The van der Waals surface area contributed by atoms with Crippen LogP contribution in [-0.2, 0) is 14.3 Å². The molecule has 5 heteroatoms. The van der Waals surface area contributed by atoms with Gasteiger partial charge in [-0.25, -0.2) is 0 Å². The molecule has 0 aliphatic heterocycles. The lowest BCUT2D eigenvalue weighted by Crippen LogP contribution is -2.25. The lowest BCUT2D eigenvalue weighted by molar-refractivity contribution is -0.148. The van der Waals surface area contributed by atoms with Crippen molar-refractivity contribution in [2.75, 3.05) is 11.9 Å². The third kappa shape index (κ3) is 3.01. The molecule has 0 N–H and O–H groups in total. The summed E-state index contributed by atoms with van der Waals surface area (Å²) in [5, 5.41) is 8.42. The monoisotopic (exact) mass is 233 g/mol. The summed E-state index contributed by atoms with van der Waals surface area (Å²) in [5.41, 5.74) is 0. The highest BCUT2D eigenvalue weighted by molar-refractivity contribution is 9.09. The minimum Gasteiger partial charge on any atom is -0.465 e. The number of alkyl halides is 1. The SMILES string of the molecule is CCOC(=O)C(C#N)C(=O)CBr. The maximum atomic E-state index is 10.9. The minimum atomic E-state index is -1.29. The van der Waals surface area contributed by atoms with Crippen LogP contribution in [0.15, 0.2) is 0 Å². The first-order valence-corrected chi connectivity index (χ1v) is 4.44. The minimum absolute atomic E-state index is 0.00988. The van der Waals surface area contributed by atoms with Gasteiger partial charge < -0.3 is 4.74 Å². The Morgan fingerprint density at radius 1 is 1.67 bits per heavy atom. The van der Waals surface area contributed by atoms with Crippen molar-refractivity contribution in [3.05, 3.63) is 0 Å². The molecule has 0 radical (unpaired) electrons. The Bertz CT molecular complexity index is 221. The first-order valence-electron chi connectivity index (χ1n) is 3.32. The number of carbonyl (C=O) groups is 2. The van der Waals surface area contributed by atoms with Crippen LogP contribution in [-0.4, -0.2) is 23.7 Å². The number of Topliss-reactive ketones (excluding diaryl/α,β-unsaturated/α-hetero) is 1. The van der Waals surface area contributed by atoms with Crippen molar-refractivity contribution in [2.24, 2.45) is 5.92 Å². The zero-order valence-electron chi connectivity index (χ0n) is 6.54. The van der Waals surface area contributed by atoms with E-state index in [4.69, 9.17) is 5.26 Å². The smallest absolute Gasteiger partial charge is 0.331 e.